The zero-order valence-electron chi connectivity index (χ0n) is 29.1. The highest BCUT2D eigenvalue weighted by molar-refractivity contribution is 5.87. The van der Waals surface area contributed by atoms with Crippen LogP contribution in [0.25, 0.3) is 10.9 Å². The lowest BCUT2D eigenvalue weighted by atomic mass is 9.80. The molecule has 3 saturated heterocycles. The zero-order valence-corrected chi connectivity index (χ0v) is 30.7. The molecular weight excluding hydrogens is 682 g/mol. The molecule has 0 amide bonds. The van der Waals surface area contributed by atoms with Gasteiger partial charge in [-0.2, -0.15) is 0 Å². The van der Waals surface area contributed by atoms with E-state index in [2.05, 4.69) is 22.4 Å². The molecule has 0 radical (unpaired) electrons. The largest absolute Gasteiger partial charge is 1.00 e. The standard InChI is InChI=1S/C40H57N3O5.BrH/c44-35-19-17-33(34-18-20-38(46)42-39(34)35)36(45)27-41-23-11-4-2-1-3-5-12-24-43-25-21-30(22-26-43)37(28-43)48-29-40(47,32-15-9-10-16-32)31-13-7-6-8-14-31;/h6-8,13-14,17-20,30,32,36-37,41,45,47H,1-5,9-12,15-16,21-29H2,(H-,42,44,46);1H/t30?,36-,37-,40+,43?;/m0./s1. The van der Waals surface area contributed by atoms with E-state index < -0.39 is 11.7 Å². The van der Waals surface area contributed by atoms with Gasteiger partial charge < -0.3 is 51.8 Å². The third-order valence-corrected chi connectivity index (χ3v) is 12.0. The number of H-pyrrole nitrogens is 1. The Morgan fingerprint density at radius 3 is 2.33 bits per heavy atom. The highest BCUT2D eigenvalue weighted by Crippen LogP contribution is 2.43. The summed E-state index contributed by atoms with van der Waals surface area (Å²) < 4.78 is 7.94. The van der Waals surface area contributed by atoms with Crippen molar-refractivity contribution < 1.29 is 41.5 Å². The molecule has 4 aliphatic rings. The van der Waals surface area contributed by atoms with Gasteiger partial charge in [-0.05, 0) is 67.8 Å². The van der Waals surface area contributed by atoms with Crippen LogP contribution in [0.4, 0.5) is 0 Å². The molecule has 2 bridgehead atoms. The number of halogens is 1. The number of benzene rings is 2. The highest BCUT2D eigenvalue weighted by atomic mass is 79.9. The lowest BCUT2D eigenvalue weighted by Crippen LogP contribution is -3.00. The molecular formula is C40H58BrN3O5. The number of aliphatic hydroxyl groups is 2. The predicted molar refractivity (Wildman–Crippen MR) is 191 cm³/mol. The number of rotatable bonds is 18. The molecule has 7 rings (SSSR count). The van der Waals surface area contributed by atoms with E-state index in [9.17, 15) is 20.1 Å². The molecule has 2 aromatic carbocycles. The number of hydrogen-bond acceptors (Lipinski definition) is 6. The fourth-order valence-corrected chi connectivity index (χ4v) is 9.00. The lowest BCUT2D eigenvalue weighted by Gasteiger charge is -2.53. The molecule has 49 heavy (non-hydrogen) atoms. The van der Waals surface area contributed by atoms with E-state index in [0.717, 1.165) is 37.9 Å². The number of aromatic hydroxyl groups is 1. The first-order valence-electron chi connectivity index (χ1n) is 18.9. The van der Waals surface area contributed by atoms with Crippen LogP contribution in [-0.4, -0.2) is 76.8 Å². The first kappa shape index (κ1) is 38.0. The van der Waals surface area contributed by atoms with Gasteiger partial charge in [-0.3, -0.25) is 4.79 Å². The minimum atomic E-state index is -0.876. The van der Waals surface area contributed by atoms with Crippen molar-refractivity contribution in [1.29, 1.82) is 0 Å². The number of hydrogen-bond donors (Lipinski definition) is 5. The number of unbranched alkanes of at least 4 members (excludes halogenated alkanes) is 6. The Morgan fingerprint density at radius 1 is 0.898 bits per heavy atom. The molecule has 0 unspecified atom stereocenters. The van der Waals surface area contributed by atoms with Crippen molar-refractivity contribution in [3.63, 3.8) is 0 Å². The van der Waals surface area contributed by atoms with Crippen molar-refractivity contribution in [3.05, 3.63) is 76.1 Å². The van der Waals surface area contributed by atoms with Crippen LogP contribution in [0.3, 0.4) is 0 Å². The van der Waals surface area contributed by atoms with Crippen LogP contribution < -0.4 is 27.9 Å². The molecule has 4 heterocycles. The van der Waals surface area contributed by atoms with Crippen molar-refractivity contribution in [2.24, 2.45) is 11.8 Å². The maximum absolute atomic E-state index is 12.0. The fourth-order valence-electron chi connectivity index (χ4n) is 9.00. The van der Waals surface area contributed by atoms with Gasteiger partial charge in [0.2, 0.25) is 5.56 Å². The van der Waals surface area contributed by atoms with E-state index in [4.69, 9.17) is 4.74 Å². The van der Waals surface area contributed by atoms with Crippen molar-refractivity contribution >= 4 is 10.9 Å². The smallest absolute Gasteiger partial charge is 0.248 e. The van der Waals surface area contributed by atoms with E-state index in [-0.39, 0.29) is 34.4 Å². The summed E-state index contributed by atoms with van der Waals surface area (Å²) in [5, 5.41) is 36.9. The number of phenols is 1. The molecule has 0 spiro atoms. The van der Waals surface area contributed by atoms with Crippen molar-refractivity contribution in [1.82, 2.24) is 10.3 Å². The van der Waals surface area contributed by atoms with Gasteiger partial charge in [0.25, 0.3) is 0 Å². The van der Waals surface area contributed by atoms with Crippen LogP contribution >= 0.6 is 0 Å². The second-order valence-electron chi connectivity index (χ2n) is 15.1. The van der Waals surface area contributed by atoms with E-state index in [0.29, 0.717) is 41.5 Å². The summed E-state index contributed by atoms with van der Waals surface area (Å²) >= 11 is 0. The van der Waals surface area contributed by atoms with Crippen molar-refractivity contribution in [2.45, 2.75) is 101 Å². The average Bonchev–Trinajstić information content (AvgIpc) is 3.67. The Bertz CT molecular complexity index is 1500. The van der Waals surface area contributed by atoms with Crippen LogP contribution in [0.5, 0.6) is 5.75 Å². The molecule has 1 aliphatic carbocycles. The van der Waals surface area contributed by atoms with Crippen molar-refractivity contribution in [3.8, 4) is 5.75 Å². The van der Waals surface area contributed by atoms with Crippen molar-refractivity contribution in [2.75, 3.05) is 45.9 Å². The maximum atomic E-state index is 12.0. The number of aliphatic hydroxyl groups excluding tert-OH is 1. The summed E-state index contributed by atoms with van der Waals surface area (Å²) in [6.07, 6.45) is 15.3. The maximum Gasteiger partial charge on any atom is 0.248 e. The first-order valence-corrected chi connectivity index (χ1v) is 18.9. The van der Waals surface area contributed by atoms with Crippen LogP contribution in [0.2, 0.25) is 0 Å². The van der Waals surface area contributed by atoms with Gasteiger partial charge in [-0.15, -0.1) is 0 Å². The average molecular weight is 741 g/mol. The fraction of sp³-hybridized carbons (Fsp3) is 0.625. The molecule has 1 aromatic heterocycles. The number of quaternary nitrogens is 1. The minimum Gasteiger partial charge on any atom is -1.00 e. The second kappa shape index (κ2) is 17.8. The Kier molecular flexibility index (Phi) is 13.8. The van der Waals surface area contributed by atoms with Gasteiger partial charge in [-0.25, -0.2) is 0 Å². The normalized spacial score (nSPS) is 24.1. The Morgan fingerprint density at radius 2 is 1.59 bits per heavy atom. The number of fused-ring (bicyclic) bond motifs is 4. The van der Waals surface area contributed by atoms with Gasteiger partial charge in [-0.1, -0.05) is 74.9 Å². The molecule has 3 aromatic rings. The Balaban J connectivity index is 0.00000468. The summed E-state index contributed by atoms with van der Waals surface area (Å²) in [5.41, 5.74) is 0.934. The molecule has 3 aliphatic heterocycles. The van der Waals surface area contributed by atoms with Crippen LogP contribution in [-0.2, 0) is 10.3 Å². The number of piperidine rings is 3. The lowest BCUT2D eigenvalue weighted by molar-refractivity contribution is -0.946. The second-order valence-corrected chi connectivity index (χ2v) is 15.1. The summed E-state index contributed by atoms with van der Waals surface area (Å²) in [7, 11) is 0. The van der Waals surface area contributed by atoms with Gasteiger partial charge in [0, 0.05) is 36.8 Å². The number of ether oxygens (including phenoxy) is 1. The minimum absolute atomic E-state index is 0. The molecule has 8 nitrogen and oxygen atoms in total. The zero-order chi connectivity index (χ0) is 33.4. The predicted octanol–water partition coefficient (Wildman–Crippen LogP) is 3.30. The molecule has 1 saturated carbocycles. The monoisotopic (exact) mass is 739 g/mol. The molecule has 9 heteroatoms. The Labute approximate surface area is 302 Å². The van der Waals surface area contributed by atoms with Crippen LogP contribution in [0.1, 0.15) is 101 Å². The third kappa shape index (κ3) is 9.35. The highest BCUT2D eigenvalue weighted by Gasteiger charge is 2.48. The molecule has 3 atom stereocenters. The summed E-state index contributed by atoms with van der Waals surface area (Å²) in [6.45, 7) is 6.68. The SMILES string of the molecule is O=c1ccc2c([C@@H](O)CNCCCCCCCCC[N+]34CCC(CC3)[C@@H](OC[C@@](O)(c3ccccc3)C3CCCC3)C4)ccc(O)c2[nH]1.[Br-]. The Hall–Kier alpha value is -2.27. The number of pyridine rings is 1. The van der Waals surface area contributed by atoms with Crippen LogP contribution in [0.15, 0.2) is 59.4 Å². The topological polar surface area (TPSA) is 115 Å². The van der Waals surface area contributed by atoms with Gasteiger partial charge in [0.15, 0.2) is 0 Å². The van der Waals surface area contributed by atoms with E-state index >= 15 is 0 Å². The molecule has 4 fully saturated rings. The number of phenolic OH excluding ortho intramolecular Hbond substituents is 1. The number of nitrogens with zero attached hydrogens (tertiary/aromatic N) is 1. The quantitative estimate of drug-likeness (QED) is 0.101. The summed E-state index contributed by atoms with van der Waals surface area (Å²) in [5.74, 6) is 0.945. The van der Waals surface area contributed by atoms with E-state index in [1.54, 1.807) is 12.1 Å². The molecule has 270 valence electrons. The van der Waals surface area contributed by atoms with E-state index in [1.807, 2.05) is 18.2 Å². The van der Waals surface area contributed by atoms with Gasteiger partial charge in [0.05, 0.1) is 37.9 Å². The number of aromatic nitrogens is 1. The van der Waals surface area contributed by atoms with Gasteiger partial charge >= 0.3 is 0 Å². The van der Waals surface area contributed by atoms with Gasteiger partial charge in [0.1, 0.15) is 24.0 Å². The number of aromatic amines is 1. The van der Waals surface area contributed by atoms with Crippen LogP contribution in [0, 0.1) is 11.8 Å². The number of nitrogens with one attached hydrogen (secondary N) is 2. The summed E-state index contributed by atoms with van der Waals surface area (Å²) in [4.78, 5) is 14.3. The summed E-state index contributed by atoms with van der Waals surface area (Å²) in [6, 6.07) is 16.6. The third-order valence-electron chi connectivity index (χ3n) is 12.0. The molecule has 5 N–H and O–H groups in total. The first-order chi connectivity index (χ1) is 23.4. The van der Waals surface area contributed by atoms with E-state index in [1.165, 1.54) is 100 Å².